The van der Waals surface area contributed by atoms with Gasteiger partial charge in [-0.25, -0.2) is 0 Å². The lowest BCUT2D eigenvalue weighted by Crippen LogP contribution is -2.60. The van der Waals surface area contributed by atoms with E-state index in [2.05, 4.69) is 10.1 Å². The maximum absolute atomic E-state index is 13.1. The molecule has 0 bridgehead atoms. The predicted octanol–water partition coefficient (Wildman–Crippen LogP) is 4.00. The van der Waals surface area contributed by atoms with Gasteiger partial charge in [0.15, 0.2) is 11.5 Å². The maximum atomic E-state index is 13.1. The lowest BCUT2D eigenvalue weighted by atomic mass is 9.80. The molecule has 0 aliphatic heterocycles. The predicted molar refractivity (Wildman–Crippen MR) is 111 cm³/mol. The molecule has 0 unspecified atom stereocenters. The Morgan fingerprint density at radius 1 is 1.17 bits per heavy atom. The summed E-state index contributed by atoms with van der Waals surface area (Å²) in [5, 5.41) is 2.95. The van der Waals surface area contributed by atoms with Crippen molar-refractivity contribution in [1.29, 1.82) is 0 Å². The quantitative estimate of drug-likeness (QED) is 0.609. The number of rotatable bonds is 9. The number of carbonyl (C=O) groups is 2. The zero-order chi connectivity index (χ0) is 22.1. The Kier molecular flexibility index (Phi) is 8.62. The second kappa shape index (κ2) is 10.9. The molecule has 2 rings (SSSR count). The van der Waals surface area contributed by atoms with Crippen LogP contribution in [0.15, 0.2) is 24.3 Å². The summed E-state index contributed by atoms with van der Waals surface area (Å²) in [6, 6.07) is 4.40. The van der Waals surface area contributed by atoms with Gasteiger partial charge < -0.3 is 19.7 Å². The van der Waals surface area contributed by atoms with Crippen molar-refractivity contribution in [3.05, 3.63) is 29.8 Å². The molecule has 2 amide bonds. The zero-order valence-electron chi connectivity index (χ0n) is 17.7. The summed E-state index contributed by atoms with van der Waals surface area (Å²) < 4.78 is 34.4. The third-order valence-electron chi connectivity index (χ3n) is 5.36. The average Bonchev–Trinajstić information content (AvgIpc) is 2.74. The number of hydrogen-bond acceptors (Lipinski definition) is 4. The Balaban J connectivity index is 2.15. The van der Waals surface area contributed by atoms with Crippen LogP contribution in [0.5, 0.6) is 11.5 Å². The Labute approximate surface area is 176 Å². The van der Waals surface area contributed by atoms with Crippen LogP contribution in [0.4, 0.5) is 8.78 Å². The highest BCUT2D eigenvalue weighted by Gasteiger charge is 2.42. The summed E-state index contributed by atoms with van der Waals surface area (Å²) in [7, 11) is 1.35. The van der Waals surface area contributed by atoms with Gasteiger partial charge >= 0.3 is 6.61 Å². The standard InChI is InChI=1S/C22H30F2N2O4/c1-4-26(5-2)20(28)22(13-7-6-8-14-22)25-19(27)12-10-16-9-11-17(30-21(23)24)18(15-16)29-3/h9-12,15,21H,4-8,13-14H2,1-3H3,(H,25,27). The Hall–Kier alpha value is -2.64. The summed E-state index contributed by atoms with van der Waals surface area (Å²) >= 11 is 0. The molecule has 1 saturated carbocycles. The van der Waals surface area contributed by atoms with Crippen molar-refractivity contribution in [2.24, 2.45) is 0 Å². The van der Waals surface area contributed by atoms with Crippen molar-refractivity contribution in [3.8, 4) is 11.5 Å². The molecule has 0 spiro atoms. The van der Waals surface area contributed by atoms with Crippen LogP contribution >= 0.6 is 0 Å². The highest BCUT2D eigenvalue weighted by Crippen LogP contribution is 2.31. The number of benzene rings is 1. The van der Waals surface area contributed by atoms with Crippen molar-refractivity contribution in [3.63, 3.8) is 0 Å². The third-order valence-corrected chi connectivity index (χ3v) is 5.36. The SMILES string of the molecule is CCN(CC)C(=O)C1(NC(=O)C=Cc2ccc(OC(F)F)c(OC)c2)CCCCC1. The van der Waals surface area contributed by atoms with Crippen molar-refractivity contribution in [1.82, 2.24) is 10.2 Å². The summed E-state index contributed by atoms with van der Waals surface area (Å²) in [6.07, 6.45) is 6.95. The molecular weight excluding hydrogens is 394 g/mol. The Morgan fingerprint density at radius 3 is 2.40 bits per heavy atom. The van der Waals surface area contributed by atoms with E-state index < -0.39 is 12.2 Å². The maximum Gasteiger partial charge on any atom is 0.387 e. The van der Waals surface area contributed by atoms with E-state index >= 15 is 0 Å². The normalized spacial score (nSPS) is 15.8. The molecule has 0 aromatic heterocycles. The van der Waals surface area contributed by atoms with Crippen molar-refractivity contribution in [2.75, 3.05) is 20.2 Å². The van der Waals surface area contributed by atoms with Crippen molar-refractivity contribution < 1.29 is 27.8 Å². The van der Waals surface area contributed by atoms with E-state index in [-0.39, 0.29) is 23.3 Å². The second-order valence-corrected chi connectivity index (χ2v) is 7.23. The van der Waals surface area contributed by atoms with Crippen LogP contribution in [-0.4, -0.2) is 49.1 Å². The number of amides is 2. The minimum absolute atomic E-state index is 0.0379. The number of carbonyl (C=O) groups excluding carboxylic acids is 2. The van der Waals surface area contributed by atoms with E-state index in [4.69, 9.17) is 4.74 Å². The third kappa shape index (κ3) is 5.93. The lowest BCUT2D eigenvalue weighted by Gasteiger charge is -2.39. The van der Waals surface area contributed by atoms with E-state index in [0.717, 1.165) is 19.3 Å². The van der Waals surface area contributed by atoms with Crippen LogP contribution in [0.1, 0.15) is 51.5 Å². The van der Waals surface area contributed by atoms with E-state index in [1.165, 1.54) is 25.3 Å². The Morgan fingerprint density at radius 2 is 1.83 bits per heavy atom. The fourth-order valence-electron chi connectivity index (χ4n) is 3.79. The number of nitrogens with zero attached hydrogens (tertiary/aromatic N) is 1. The van der Waals surface area contributed by atoms with E-state index in [9.17, 15) is 18.4 Å². The highest BCUT2D eigenvalue weighted by atomic mass is 19.3. The number of alkyl halides is 2. The number of methoxy groups -OCH3 is 1. The summed E-state index contributed by atoms with van der Waals surface area (Å²) in [5.74, 6) is -0.355. The van der Waals surface area contributed by atoms with Crippen molar-refractivity contribution in [2.45, 2.75) is 58.1 Å². The molecule has 1 aliphatic rings. The fourth-order valence-corrected chi connectivity index (χ4v) is 3.79. The Bertz CT molecular complexity index is 758. The fraction of sp³-hybridized carbons (Fsp3) is 0.545. The van der Waals surface area contributed by atoms with E-state index in [0.29, 0.717) is 31.5 Å². The van der Waals surface area contributed by atoms with Gasteiger partial charge in [-0.05, 0) is 50.5 Å². The largest absolute Gasteiger partial charge is 0.493 e. The topological polar surface area (TPSA) is 67.9 Å². The molecule has 8 heteroatoms. The van der Waals surface area contributed by atoms with Crippen LogP contribution in [-0.2, 0) is 9.59 Å². The molecule has 1 aliphatic carbocycles. The van der Waals surface area contributed by atoms with Gasteiger partial charge in [0.2, 0.25) is 11.8 Å². The molecule has 1 fully saturated rings. The number of halogens is 2. The van der Waals surface area contributed by atoms with Gasteiger partial charge in [0, 0.05) is 19.2 Å². The van der Waals surface area contributed by atoms with Gasteiger partial charge in [0.25, 0.3) is 0 Å². The van der Waals surface area contributed by atoms with Gasteiger partial charge in [-0.1, -0.05) is 25.3 Å². The number of ether oxygens (including phenoxy) is 2. The first kappa shape index (κ1) is 23.6. The molecule has 0 heterocycles. The summed E-state index contributed by atoms with van der Waals surface area (Å²) in [5.41, 5.74) is -0.297. The zero-order valence-corrected chi connectivity index (χ0v) is 17.7. The van der Waals surface area contributed by atoms with E-state index in [1.54, 1.807) is 17.0 Å². The molecule has 1 aromatic carbocycles. The first-order valence-electron chi connectivity index (χ1n) is 10.3. The minimum atomic E-state index is -2.96. The minimum Gasteiger partial charge on any atom is -0.493 e. The van der Waals surface area contributed by atoms with Gasteiger partial charge in [-0.2, -0.15) is 8.78 Å². The number of likely N-dealkylation sites (N-methyl/N-ethyl adjacent to an activating group) is 1. The van der Waals surface area contributed by atoms with Crippen LogP contribution in [0, 0.1) is 0 Å². The monoisotopic (exact) mass is 424 g/mol. The van der Waals surface area contributed by atoms with Crippen molar-refractivity contribution >= 4 is 17.9 Å². The first-order valence-corrected chi connectivity index (χ1v) is 10.3. The molecule has 1 N–H and O–H groups in total. The van der Waals surface area contributed by atoms with Gasteiger partial charge in [0.1, 0.15) is 5.54 Å². The molecule has 166 valence electrons. The number of hydrogen-bond donors (Lipinski definition) is 1. The number of nitrogens with one attached hydrogen (secondary N) is 1. The molecule has 6 nitrogen and oxygen atoms in total. The highest BCUT2D eigenvalue weighted by molar-refractivity contribution is 5.97. The van der Waals surface area contributed by atoms with Gasteiger partial charge in [-0.3, -0.25) is 9.59 Å². The molecule has 0 saturated heterocycles. The molecule has 0 radical (unpaired) electrons. The molecule has 30 heavy (non-hydrogen) atoms. The van der Waals surface area contributed by atoms with Gasteiger partial charge in [-0.15, -0.1) is 0 Å². The summed E-state index contributed by atoms with van der Waals surface area (Å²) in [4.78, 5) is 27.5. The van der Waals surface area contributed by atoms with Crippen LogP contribution in [0.25, 0.3) is 6.08 Å². The van der Waals surface area contributed by atoms with Crippen LogP contribution in [0.2, 0.25) is 0 Å². The molecule has 1 aromatic rings. The van der Waals surface area contributed by atoms with Crippen LogP contribution in [0.3, 0.4) is 0 Å². The smallest absolute Gasteiger partial charge is 0.387 e. The van der Waals surface area contributed by atoms with Crippen LogP contribution < -0.4 is 14.8 Å². The lowest BCUT2D eigenvalue weighted by molar-refractivity contribution is -0.142. The molecule has 0 atom stereocenters. The van der Waals surface area contributed by atoms with Gasteiger partial charge in [0.05, 0.1) is 7.11 Å². The van der Waals surface area contributed by atoms with E-state index in [1.807, 2.05) is 13.8 Å². The average molecular weight is 424 g/mol. The second-order valence-electron chi connectivity index (χ2n) is 7.23. The first-order chi connectivity index (χ1) is 14.3. The summed E-state index contributed by atoms with van der Waals surface area (Å²) in [6.45, 7) is 2.08. The molecular formula is C22H30F2N2O4.